The summed E-state index contributed by atoms with van der Waals surface area (Å²) in [5.41, 5.74) is 3.37. The van der Waals surface area contributed by atoms with Crippen molar-refractivity contribution in [2.24, 2.45) is 0 Å². The summed E-state index contributed by atoms with van der Waals surface area (Å²) in [7, 11) is 0. The molecule has 0 aliphatic heterocycles. The van der Waals surface area contributed by atoms with E-state index < -0.39 is 0 Å². The Morgan fingerprint density at radius 1 is 0.944 bits per heavy atom. The molecule has 18 heavy (non-hydrogen) atoms. The molecule has 2 aromatic heterocycles. The van der Waals surface area contributed by atoms with E-state index in [4.69, 9.17) is 4.98 Å². The van der Waals surface area contributed by atoms with E-state index in [1.54, 1.807) is 0 Å². The molecule has 0 bridgehead atoms. The third-order valence-corrected chi connectivity index (χ3v) is 3.08. The summed E-state index contributed by atoms with van der Waals surface area (Å²) in [6.45, 7) is 13.2. The number of hydrogen-bond acceptors (Lipinski definition) is 2. The van der Waals surface area contributed by atoms with Crippen molar-refractivity contribution in [2.45, 2.75) is 52.4 Å². The van der Waals surface area contributed by atoms with Crippen LogP contribution in [0, 0.1) is 0 Å². The fourth-order valence-electron chi connectivity index (χ4n) is 2.03. The van der Waals surface area contributed by atoms with Crippen LogP contribution in [-0.4, -0.2) is 9.97 Å². The highest BCUT2D eigenvalue weighted by molar-refractivity contribution is 5.82. The predicted octanol–water partition coefficient (Wildman–Crippen LogP) is 4.22. The highest BCUT2D eigenvalue weighted by Gasteiger charge is 2.23. The van der Waals surface area contributed by atoms with E-state index >= 15 is 0 Å². The van der Waals surface area contributed by atoms with Gasteiger partial charge in [-0.15, -0.1) is 0 Å². The van der Waals surface area contributed by atoms with Gasteiger partial charge in [0, 0.05) is 28.1 Å². The van der Waals surface area contributed by atoms with Crippen LogP contribution in [0.4, 0.5) is 0 Å². The molecule has 2 nitrogen and oxygen atoms in total. The SMILES string of the molecule is CC(C)(C)c1cc2ncccc2c(C(C)(C)C)n1. The Hall–Kier alpha value is -1.44. The molecule has 0 amide bonds. The van der Waals surface area contributed by atoms with Gasteiger partial charge in [-0.2, -0.15) is 0 Å². The summed E-state index contributed by atoms with van der Waals surface area (Å²) < 4.78 is 0. The van der Waals surface area contributed by atoms with Gasteiger partial charge in [-0.1, -0.05) is 41.5 Å². The van der Waals surface area contributed by atoms with Crippen LogP contribution < -0.4 is 0 Å². The van der Waals surface area contributed by atoms with Crippen molar-refractivity contribution < 1.29 is 0 Å². The van der Waals surface area contributed by atoms with Crippen LogP contribution >= 0.6 is 0 Å². The van der Waals surface area contributed by atoms with Gasteiger partial charge in [0.1, 0.15) is 0 Å². The standard InChI is InChI=1S/C16H22N2/c1-15(2,3)13-10-12-11(8-7-9-17-12)14(18-13)16(4,5)6/h7-10H,1-6H3. The predicted molar refractivity (Wildman–Crippen MR) is 76.9 cm³/mol. The Morgan fingerprint density at radius 3 is 2.17 bits per heavy atom. The molecule has 0 saturated heterocycles. The zero-order chi connectivity index (χ0) is 13.6. The Balaban J connectivity index is 2.81. The lowest BCUT2D eigenvalue weighted by Gasteiger charge is -2.25. The molecule has 0 spiro atoms. The zero-order valence-electron chi connectivity index (χ0n) is 12.2. The molecule has 2 heterocycles. The number of aromatic nitrogens is 2. The number of fused-ring (bicyclic) bond motifs is 1. The molecule has 0 radical (unpaired) electrons. The van der Waals surface area contributed by atoms with E-state index in [0.29, 0.717) is 0 Å². The molecular formula is C16H22N2. The minimum atomic E-state index is 0.0303. The maximum Gasteiger partial charge on any atom is 0.0738 e. The van der Waals surface area contributed by atoms with Crippen molar-refractivity contribution in [3.05, 3.63) is 35.8 Å². The van der Waals surface area contributed by atoms with Gasteiger partial charge in [-0.25, -0.2) is 0 Å². The number of rotatable bonds is 0. The summed E-state index contributed by atoms with van der Waals surface area (Å²) in [4.78, 5) is 9.39. The van der Waals surface area contributed by atoms with E-state index in [1.807, 2.05) is 12.3 Å². The average Bonchev–Trinajstić information content (AvgIpc) is 2.25. The summed E-state index contributed by atoms with van der Waals surface area (Å²) in [5.74, 6) is 0. The van der Waals surface area contributed by atoms with Crippen molar-refractivity contribution in [1.29, 1.82) is 0 Å². The first kappa shape index (κ1) is 13.0. The highest BCUT2D eigenvalue weighted by Crippen LogP contribution is 2.31. The molecule has 2 heteroatoms. The molecule has 0 aliphatic rings. The first-order chi connectivity index (χ1) is 8.19. The fraction of sp³-hybridized carbons (Fsp3) is 0.500. The first-order valence-corrected chi connectivity index (χ1v) is 6.46. The molecule has 0 saturated carbocycles. The van der Waals surface area contributed by atoms with Crippen LogP contribution in [0.2, 0.25) is 0 Å². The van der Waals surface area contributed by atoms with Crippen LogP contribution in [0.25, 0.3) is 10.9 Å². The largest absolute Gasteiger partial charge is 0.256 e. The minimum absolute atomic E-state index is 0.0303. The molecule has 0 N–H and O–H groups in total. The molecule has 96 valence electrons. The van der Waals surface area contributed by atoms with E-state index in [0.717, 1.165) is 22.3 Å². The summed E-state index contributed by atoms with van der Waals surface area (Å²) in [5, 5.41) is 1.16. The molecule has 0 unspecified atom stereocenters. The molecule has 2 aromatic rings. The van der Waals surface area contributed by atoms with E-state index in [9.17, 15) is 0 Å². The van der Waals surface area contributed by atoms with Gasteiger partial charge in [0.25, 0.3) is 0 Å². The molecule has 0 fully saturated rings. The van der Waals surface area contributed by atoms with Crippen LogP contribution in [0.1, 0.15) is 52.9 Å². The van der Waals surface area contributed by atoms with Crippen molar-refractivity contribution in [2.75, 3.05) is 0 Å². The highest BCUT2D eigenvalue weighted by atomic mass is 14.8. The Bertz CT molecular complexity index is 572. The topological polar surface area (TPSA) is 25.8 Å². The Labute approximate surface area is 109 Å². The quantitative estimate of drug-likeness (QED) is 0.691. The lowest BCUT2D eigenvalue weighted by molar-refractivity contribution is 0.536. The molecular weight excluding hydrogens is 220 g/mol. The van der Waals surface area contributed by atoms with Crippen molar-refractivity contribution >= 4 is 10.9 Å². The van der Waals surface area contributed by atoms with Crippen LogP contribution in [-0.2, 0) is 10.8 Å². The van der Waals surface area contributed by atoms with Gasteiger partial charge in [-0.3, -0.25) is 9.97 Å². The van der Waals surface area contributed by atoms with Gasteiger partial charge in [-0.05, 0) is 18.2 Å². The number of pyridine rings is 2. The third kappa shape index (κ3) is 2.38. The number of hydrogen-bond donors (Lipinski definition) is 0. The summed E-state index contributed by atoms with van der Waals surface area (Å²) in [6.07, 6.45) is 1.85. The van der Waals surface area contributed by atoms with E-state index in [2.05, 4.69) is 58.7 Å². The van der Waals surface area contributed by atoms with Crippen LogP contribution in [0.15, 0.2) is 24.4 Å². The van der Waals surface area contributed by atoms with E-state index in [-0.39, 0.29) is 10.8 Å². The summed E-state index contributed by atoms with van der Waals surface area (Å²) in [6, 6.07) is 6.21. The van der Waals surface area contributed by atoms with E-state index in [1.165, 1.54) is 0 Å². The second kappa shape index (κ2) is 4.04. The van der Waals surface area contributed by atoms with Gasteiger partial charge in [0.15, 0.2) is 0 Å². The van der Waals surface area contributed by atoms with Crippen molar-refractivity contribution in [1.82, 2.24) is 9.97 Å². The number of nitrogens with zero attached hydrogens (tertiary/aromatic N) is 2. The first-order valence-electron chi connectivity index (χ1n) is 6.46. The van der Waals surface area contributed by atoms with Gasteiger partial charge in [0.05, 0.1) is 11.2 Å². The van der Waals surface area contributed by atoms with Crippen LogP contribution in [0.5, 0.6) is 0 Å². The third-order valence-electron chi connectivity index (χ3n) is 3.08. The van der Waals surface area contributed by atoms with Gasteiger partial charge >= 0.3 is 0 Å². The molecule has 0 atom stereocenters. The van der Waals surface area contributed by atoms with Gasteiger partial charge in [0.2, 0.25) is 0 Å². The van der Waals surface area contributed by atoms with Crippen molar-refractivity contribution in [3.8, 4) is 0 Å². The normalized spacial score (nSPS) is 13.0. The maximum absolute atomic E-state index is 4.90. The lowest BCUT2D eigenvalue weighted by atomic mass is 9.86. The monoisotopic (exact) mass is 242 g/mol. The average molecular weight is 242 g/mol. The Kier molecular flexibility index (Phi) is 2.92. The smallest absolute Gasteiger partial charge is 0.0738 e. The van der Waals surface area contributed by atoms with Gasteiger partial charge < -0.3 is 0 Å². The second-order valence-electron chi connectivity index (χ2n) is 6.93. The summed E-state index contributed by atoms with van der Waals surface area (Å²) >= 11 is 0. The zero-order valence-corrected chi connectivity index (χ0v) is 12.2. The molecule has 0 aliphatic carbocycles. The minimum Gasteiger partial charge on any atom is -0.256 e. The maximum atomic E-state index is 4.90. The van der Waals surface area contributed by atoms with Crippen molar-refractivity contribution in [3.63, 3.8) is 0 Å². The molecule has 2 rings (SSSR count). The second-order valence-corrected chi connectivity index (χ2v) is 6.93. The lowest BCUT2D eigenvalue weighted by Crippen LogP contribution is -2.20. The van der Waals surface area contributed by atoms with Crippen LogP contribution in [0.3, 0.4) is 0 Å². The fourth-order valence-corrected chi connectivity index (χ4v) is 2.03. The molecule has 0 aromatic carbocycles. The Morgan fingerprint density at radius 2 is 1.61 bits per heavy atom.